The number of Topliss-reactive ketones (excluding diaryl/α,β-unsaturated/α-hetero) is 2. The van der Waals surface area contributed by atoms with Gasteiger partial charge in [0.2, 0.25) is 11.6 Å². The SMILES string of the molecule is COc1ccc2c3c1C(=O)CCC31Oc3ccc(OC)c4c3C(CCC4=O)(O2)O1. The Morgan fingerprint density at radius 1 is 0.759 bits per heavy atom. The Bertz CT molecular complexity index is 1030. The minimum Gasteiger partial charge on any atom is -0.496 e. The summed E-state index contributed by atoms with van der Waals surface area (Å²) in [5.41, 5.74) is 2.02. The van der Waals surface area contributed by atoms with E-state index in [2.05, 4.69) is 0 Å². The zero-order chi connectivity index (χ0) is 20.0. The maximum Gasteiger partial charge on any atom is 0.245 e. The van der Waals surface area contributed by atoms with E-state index in [0.29, 0.717) is 58.1 Å². The van der Waals surface area contributed by atoms with E-state index in [0.717, 1.165) is 0 Å². The summed E-state index contributed by atoms with van der Waals surface area (Å²) in [6.07, 6.45) is 1.25. The fourth-order valence-electron chi connectivity index (χ4n) is 5.08. The van der Waals surface area contributed by atoms with E-state index < -0.39 is 11.6 Å². The average Bonchev–Trinajstić information content (AvgIpc) is 2.73. The molecule has 2 aromatic rings. The third-order valence-electron chi connectivity index (χ3n) is 6.26. The predicted molar refractivity (Wildman–Crippen MR) is 98.8 cm³/mol. The maximum absolute atomic E-state index is 12.7. The molecule has 0 saturated carbocycles. The predicted octanol–water partition coefficient (Wildman–Crippen LogP) is 3.46. The third kappa shape index (κ3) is 1.91. The Morgan fingerprint density at radius 2 is 1.21 bits per heavy atom. The van der Waals surface area contributed by atoms with Gasteiger partial charge in [0.1, 0.15) is 23.0 Å². The molecule has 7 nitrogen and oxygen atoms in total. The van der Waals surface area contributed by atoms with Crippen molar-refractivity contribution in [3.63, 3.8) is 0 Å². The van der Waals surface area contributed by atoms with Crippen LogP contribution in [0.1, 0.15) is 57.5 Å². The molecule has 0 radical (unpaired) electrons. The molecule has 0 saturated heterocycles. The summed E-state index contributed by atoms with van der Waals surface area (Å²) < 4.78 is 30.3. The van der Waals surface area contributed by atoms with Crippen LogP contribution in [0.5, 0.6) is 23.0 Å². The molecule has 7 heteroatoms. The first-order valence-electron chi connectivity index (χ1n) is 9.59. The lowest BCUT2D eigenvalue weighted by molar-refractivity contribution is -0.363. The lowest BCUT2D eigenvalue weighted by Crippen LogP contribution is -2.58. The first kappa shape index (κ1) is 16.9. The van der Waals surface area contributed by atoms with E-state index in [1.54, 1.807) is 24.3 Å². The number of hydrogen-bond donors (Lipinski definition) is 0. The van der Waals surface area contributed by atoms with Gasteiger partial charge >= 0.3 is 0 Å². The Kier molecular flexibility index (Phi) is 3.08. The molecule has 2 aliphatic heterocycles. The van der Waals surface area contributed by atoms with Crippen LogP contribution in [-0.4, -0.2) is 25.8 Å². The van der Waals surface area contributed by atoms with E-state index in [4.69, 9.17) is 23.7 Å². The molecule has 2 heterocycles. The first-order chi connectivity index (χ1) is 14.0. The van der Waals surface area contributed by atoms with Gasteiger partial charge in [0.25, 0.3) is 0 Å². The molecule has 29 heavy (non-hydrogen) atoms. The number of carbonyl (C=O) groups excluding carboxylic acids is 2. The molecule has 148 valence electrons. The number of ketones is 2. The van der Waals surface area contributed by atoms with Gasteiger partial charge in [-0.3, -0.25) is 14.3 Å². The molecule has 0 N–H and O–H groups in total. The van der Waals surface area contributed by atoms with Crippen LogP contribution < -0.4 is 18.9 Å². The van der Waals surface area contributed by atoms with Crippen molar-refractivity contribution in [3.05, 3.63) is 46.5 Å². The maximum atomic E-state index is 12.7. The molecular weight excluding hydrogens is 376 g/mol. The van der Waals surface area contributed by atoms with Crippen molar-refractivity contribution in [2.45, 2.75) is 37.3 Å². The molecule has 2 aromatic carbocycles. The highest BCUT2D eigenvalue weighted by Gasteiger charge is 2.63. The standard InChI is InChI=1S/C22H18O7/c1-25-13-3-5-15-19-17(13)11(23)7-9-21(19)28-16-6-4-14(26-2)18-12(24)8-10-22(27-15,29-21)20(16)18/h3-6H,7-10H2,1-2H3. The van der Waals surface area contributed by atoms with Crippen molar-refractivity contribution in [1.82, 2.24) is 0 Å². The topological polar surface area (TPSA) is 80.3 Å². The number of rotatable bonds is 2. The van der Waals surface area contributed by atoms with Crippen LogP contribution in [0.4, 0.5) is 0 Å². The first-order valence-corrected chi connectivity index (χ1v) is 9.59. The number of carbonyl (C=O) groups is 2. The smallest absolute Gasteiger partial charge is 0.245 e. The largest absolute Gasteiger partial charge is 0.496 e. The molecule has 2 bridgehead atoms. The molecule has 2 unspecified atom stereocenters. The Balaban J connectivity index is 1.67. The van der Waals surface area contributed by atoms with Crippen molar-refractivity contribution in [3.8, 4) is 23.0 Å². The molecule has 2 spiro atoms. The Morgan fingerprint density at radius 3 is 1.62 bits per heavy atom. The summed E-state index contributed by atoms with van der Waals surface area (Å²) in [5, 5.41) is 0. The van der Waals surface area contributed by atoms with Crippen molar-refractivity contribution < 1.29 is 33.3 Å². The zero-order valence-electron chi connectivity index (χ0n) is 16.0. The molecule has 0 fully saturated rings. The van der Waals surface area contributed by atoms with Crippen LogP contribution in [0.25, 0.3) is 0 Å². The number of hydrogen-bond acceptors (Lipinski definition) is 7. The van der Waals surface area contributed by atoms with Gasteiger partial charge in [0.15, 0.2) is 11.6 Å². The van der Waals surface area contributed by atoms with Crippen molar-refractivity contribution in [2.75, 3.05) is 14.2 Å². The van der Waals surface area contributed by atoms with Crippen LogP contribution >= 0.6 is 0 Å². The highest BCUT2D eigenvalue weighted by molar-refractivity contribution is 6.04. The summed E-state index contributed by atoms with van der Waals surface area (Å²) >= 11 is 0. The monoisotopic (exact) mass is 394 g/mol. The Labute approximate surface area is 166 Å². The van der Waals surface area contributed by atoms with Gasteiger partial charge in [-0.25, -0.2) is 0 Å². The fourth-order valence-corrected chi connectivity index (χ4v) is 5.08. The van der Waals surface area contributed by atoms with Crippen molar-refractivity contribution in [1.29, 1.82) is 0 Å². The highest BCUT2D eigenvalue weighted by atomic mass is 16.8. The van der Waals surface area contributed by atoms with Crippen molar-refractivity contribution in [2.24, 2.45) is 0 Å². The molecule has 0 aromatic heterocycles. The van der Waals surface area contributed by atoms with Crippen LogP contribution in [0.15, 0.2) is 24.3 Å². The zero-order valence-corrected chi connectivity index (χ0v) is 16.0. The van der Waals surface area contributed by atoms with E-state index in [-0.39, 0.29) is 24.4 Å². The summed E-state index contributed by atoms with van der Waals surface area (Å²) in [7, 11) is 3.06. The summed E-state index contributed by atoms with van der Waals surface area (Å²) in [6, 6.07) is 7.01. The average molecular weight is 394 g/mol. The van der Waals surface area contributed by atoms with E-state index in [1.165, 1.54) is 14.2 Å². The van der Waals surface area contributed by atoms with Crippen LogP contribution in [0.2, 0.25) is 0 Å². The van der Waals surface area contributed by atoms with Crippen LogP contribution in [0.3, 0.4) is 0 Å². The molecule has 6 rings (SSSR count). The fraction of sp³-hybridized carbons (Fsp3) is 0.364. The van der Waals surface area contributed by atoms with E-state index in [1.807, 2.05) is 0 Å². The van der Waals surface area contributed by atoms with Crippen molar-refractivity contribution >= 4 is 11.6 Å². The normalized spacial score (nSPS) is 27.9. The van der Waals surface area contributed by atoms with Gasteiger partial charge in [-0.05, 0) is 24.3 Å². The lowest BCUT2D eigenvalue weighted by atomic mass is 9.78. The minimum absolute atomic E-state index is 0.0314. The summed E-state index contributed by atoms with van der Waals surface area (Å²) in [6.45, 7) is 0. The summed E-state index contributed by atoms with van der Waals surface area (Å²) in [4.78, 5) is 25.5. The number of benzene rings is 2. The molecule has 2 atom stereocenters. The lowest BCUT2D eigenvalue weighted by Gasteiger charge is -2.55. The van der Waals surface area contributed by atoms with E-state index in [9.17, 15) is 9.59 Å². The molecular formula is C22H18O7. The van der Waals surface area contributed by atoms with Gasteiger partial charge in [0, 0.05) is 25.7 Å². The van der Waals surface area contributed by atoms with Gasteiger partial charge in [-0.15, -0.1) is 0 Å². The van der Waals surface area contributed by atoms with Gasteiger partial charge in [-0.2, -0.15) is 0 Å². The van der Waals surface area contributed by atoms with Crippen LogP contribution in [0, 0.1) is 0 Å². The highest BCUT2D eigenvalue weighted by Crippen LogP contribution is 2.62. The second-order valence-corrected chi connectivity index (χ2v) is 7.69. The Hall–Kier alpha value is -3.06. The summed E-state index contributed by atoms with van der Waals surface area (Å²) in [5.74, 6) is -0.399. The minimum atomic E-state index is -1.16. The van der Waals surface area contributed by atoms with Crippen LogP contribution in [-0.2, 0) is 16.3 Å². The van der Waals surface area contributed by atoms with Gasteiger partial charge in [0.05, 0.1) is 36.5 Å². The quantitative estimate of drug-likeness (QED) is 0.772. The third-order valence-corrected chi connectivity index (χ3v) is 6.26. The van der Waals surface area contributed by atoms with E-state index >= 15 is 0 Å². The molecule has 0 amide bonds. The van der Waals surface area contributed by atoms with Gasteiger partial charge in [-0.1, -0.05) is 0 Å². The number of ether oxygens (including phenoxy) is 5. The second kappa shape index (κ2) is 5.30. The second-order valence-electron chi connectivity index (χ2n) is 7.69. The number of methoxy groups -OCH3 is 2. The molecule has 4 aliphatic rings. The molecule has 2 aliphatic carbocycles. The van der Waals surface area contributed by atoms with Gasteiger partial charge < -0.3 is 18.9 Å².